The van der Waals surface area contributed by atoms with Crippen LogP contribution in [0.3, 0.4) is 0 Å². The van der Waals surface area contributed by atoms with E-state index in [0.29, 0.717) is 21.8 Å². The largest absolute Gasteiger partial charge is 0.341 e. The molecule has 7 nitrogen and oxygen atoms in total. The van der Waals surface area contributed by atoms with E-state index in [1.54, 1.807) is 7.05 Å². The van der Waals surface area contributed by atoms with Gasteiger partial charge in [-0.05, 0) is 12.0 Å². The van der Waals surface area contributed by atoms with Gasteiger partial charge in [-0.2, -0.15) is 0 Å². The lowest BCUT2D eigenvalue weighted by molar-refractivity contribution is -0.128. The van der Waals surface area contributed by atoms with Crippen LogP contribution in [0.4, 0.5) is 0 Å². The van der Waals surface area contributed by atoms with Gasteiger partial charge in [0.05, 0.1) is 22.6 Å². The van der Waals surface area contributed by atoms with E-state index in [2.05, 4.69) is 9.97 Å². The molecule has 1 aliphatic rings. The quantitative estimate of drug-likeness (QED) is 0.474. The molecule has 1 atom stereocenters. The molecule has 1 aromatic carbocycles. The first-order valence-corrected chi connectivity index (χ1v) is 12.7. The Morgan fingerprint density at radius 3 is 2.79 bits per heavy atom. The number of thiophene rings is 1. The van der Waals surface area contributed by atoms with Crippen LogP contribution in [0, 0.1) is 0 Å². The first-order valence-electron chi connectivity index (χ1n) is 9.00. The van der Waals surface area contributed by atoms with E-state index >= 15 is 0 Å². The Morgan fingerprint density at radius 1 is 1.34 bits per heavy atom. The predicted molar refractivity (Wildman–Crippen MR) is 116 cm³/mol. The third-order valence-corrected chi connectivity index (χ3v) is 8.47. The summed E-state index contributed by atoms with van der Waals surface area (Å²) < 4.78 is 23.2. The van der Waals surface area contributed by atoms with E-state index in [9.17, 15) is 18.0 Å². The number of hydrogen-bond donors (Lipinski definition) is 1. The van der Waals surface area contributed by atoms with Crippen LogP contribution in [-0.4, -0.2) is 59.5 Å². The molecule has 1 saturated heterocycles. The lowest BCUT2D eigenvalue weighted by Gasteiger charge is -2.23. The maximum absolute atomic E-state index is 12.6. The lowest BCUT2D eigenvalue weighted by atomic mass is 10.1. The van der Waals surface area contributed by atoms with Crippen LogP contribution in [0.25, 0.3) is 21.3 Å². The van der Waals surface area contributed by atoms with Crippen molar-refractivity contribution in [3.8, 4) is 11.1 Å². The molecule has 0 saturated carbocycles. The zero-order valence-electron chi connectivity index (χ0n) is 15.6. The van der Waals surface area contributed by atoms with Crippen molar-refractivity contribution in [2.75, 3.05) is 24.3 Å². The molecule has 3 aromatic rings. The minimum absolute atomic E-state index is 0.0123. The zero-order valence-corrected chi connectivity index (χ0v) is 18.1. The number of nitrogens with zero attached hydrogens (tertiary/aromatic N) is 2. The number of carbonyl (C=O) groups excluding carboxylic acids is 1. The SMILES string of the molecule is CN(C(=O)CSc1nc2scc(-c3ccccc3)c2c(=O)[nH]1)[C@H]1CCS(=O)(=O)C1. The highest BCUT2D eigenvalue weighted by atomic mass is 32.2. The molecule has 0 spiro atoms. The number of sulfone groups is 1. The summed E-state index contributed by atoms with van der Waals surface area (Å²) in [7, 11) is -1.43. The summed E-state index contributed by atoms with van der Waals surface area (Å²) in [5.41, 5.74) is 1.56. The van der Waals surface area contributed by atoms with Gasteiger partial charge in [-0.25, -0.2) is 13.4 Å². The fourth-order valence-electron chi connectivity index (χ4n) is 3.34. The van der Waals surface area contributed by atoms with Gasteiger partial charge in [-0.15, -0.1) is 11.3 Å². The third-order valence-electron chi connectivity index (χ3n) is 4.99. The van der Waals surface area contributed by atoms with Crippen molar-refractivity contribution in [3.63, 3.8) is 0 Å². The van der Waals surface area contributed by atoms with Crippen molar-refractivity contribution in [2.45, 2.75) is 17.6 Å². The molecule has 29 heavy (non-hydrogen) atoms. The first-order chi connectivity index (χ1) is 13.8. The number of thioether (sulfide) groups is 1. The van der Waals surface area contributed by atoms with Gasteiger partial charge < -0.3 is 9.88 Å². The summed E-state index contributed by atoms with van der Waals surface area (Å²) in [6, 6.07) is 9.37. The van der Waals surface area contributed by atoms with Crippen molar-refractivity contribution >= 4 is 49.1 Å². The van der Waals surface area contributed by atoms with E-state index in [1.807, 2.05) is 35.7 Å². The Labute approximate surface area is 176 Å². The van der Waals surface area contributed by atoms with E-state index in [-0.39, 0.29) is 34.8 Å². The molecule has 152 valence electrons. The Morgan fingerprint density at radius 2 is 2.10 bits per heavy atom. The number of aromatic nitrogens is 2. The van der Waals surface area contributed by atoms with Crippen LogP contribution in [0.2, 0.25) is 0 Å². The number of hydrogen-bond acceptors (Lipinski definition) is 7. The standard InChI is InChI=1S/C19H19N3O4S3/c1-22(13-7-8-29(25,26)11-13)15(23)10-28-19-20-17(24)16-14(9-27-18(16)21-19)12-5-3-2-4-6-12/h2-6,9,13H,7-8,10-11H2,1H3,(H,20,21,24)/t13-/m0/s1. The molecule has 1 aliphatic heterocycles. The highest BCUT2D eigenvalue weighted by Crippen LogP contribution is 2.31. The molecule has 1 fully saturated rings. The van der Waals surface area contributed by atoms with Gasteiger partial charge in [-0.3, -0.25) is 9.59 Å². The summed E-state index contributed by atoms with van der Waals surface area (Å²) >= 11 is 2.54. The Hall–Kier alpha value is -2.17. The smallest absolute Gasteiger partial charge is 0.260 e. The van der Waals surface area contributed by atoms with Crippen molar-refractivity contribution < 1.29 is 13.2 Å². The second kappa shape index (κ2) is 7.92. The van der Waals surface area contributed by atoms with Gasteiger partial charge in [0.1, 0.15) is 4.83 Å². The Kier molecular flexibility index (Phi) is 5.50. The maximum Gasteiger partial charge on any atom is 0.260 e. The average Bonchev–Trinajstić information content (AvgIpc) is 3.29. The molecule has 0 aliphatic carbocycles. The molecule has 1 amide bonds. The fraction of sp³-hybridized carbons (Fsp3) is 0.316. The molecule has 4 rings (SSSR count). The second-order valence-corrected chi connectivity index (χ2v) is 11.0. The molecule has 3 heterocycles. The molecule has 0 radical (unpaired) electrons. The lowest BCUT2D eigenvalue weighted by Crippen LogP contribution is -2.38. The molecule has 0 bridgehead atoms. The monoisotopic (exact) mass is 449 g/mol. The van der Waals surface area contributed by atoms with Crippen LogP contribution in [0.1, 0.15) is 6.42 Å². The van der Waals surface area contributed by atoms with E-state index < -0.39 is 9.84 Å². The van der Waals surface area contributed by atoms with E-state index in [1.165, 1.54) is 16.2 Å². The molecule has 10 heteroatoms. The summed E-state index contributed by atoms with van der Waals surface area (Å²) in [5.74, 6) is 0.0309. The molecule has 2 aromatic heterocycles. The van der Waals surface area contributed by atoms with Crippen molar-refractivity contribution in [1.82, 2.24) is 14.9 Å². The van der Waals surface area contributed by atoms with Crippen LogP contribution in [0.5, 0.6) is 0 Å². The second-order valence-electron chi connectivity index (χ2n) is 6.92. The van der Waals surface area contributed by atoms with Crippen LogP contribution < -0.4 is 5.56 Å². The summed E-state index contributed by atoms with van der Waals surface area (Å²) in [6.07, 6.45) is 0.466. The normalized spacial score (nSPS) is 18.2. The Bertz CT molecular complexity index is 1220. The van der Waals surface area contributed by atoms with Crippen LogP contribution >= 0.6 is 23.1 Å². The highest BCUT2D eigenvalue weighted by molar-refractivity contribution is 7.99. The topological polar surface area (TPSA) is 100 Å². The number of amides is 1. The van der Waals surface area contributed by atoms with Crippen molar-refractivity contribution in [2.24, 2.45) is 0 Å². The fourth-order valence-corrected chi connectivity index (χ4v) is 6.91. The van der Waals surface area contributed by atoms with Crippen molar-refractivity contribution in [1.29, 1.82) is 0 Å². The maximum atomic E-state index is 12.6. The number of carbonyl (C=O) groups is 1. The number of nitrogens with one attached hydrogen (secondary N) is 1. The van der Waals surface area contributed by atoms with Gasteiger partial charge in [-0.1, -0.05) is 42.1 Å². The number of aromatic amines is 1. The predicted octanol–water partition coefficient (Wildman–Crippen LogP) is 2.39. The summed E-state index contributed by atoms with van der Waals surface area (Å²) in [4.78, 5) is 34.5. The van der Waals surface area contributed by atoms with Gasteiger partial charge in [0.15, 0.2) is 15.0 Å². The first kappa shape index (κ1) is 20.1. The Balaban J connectivity index is 1.49. The molecule has 0 unspecified atom stereocenters. The zero-order chi connectivity index (χ0) is 20.6. The van der Waals surface area contributed by atoms with Gasteiger partial charge in [0.25, 0.3) is 5.56 Å². The van der Waals surface area contributed by atoms with Crippen LogP contribution in [0.15, 0.2) is 45.7 Å². The summed E-state index contributed by atoms with van der Waals surface area (Å²) in [5, 5.41) is 2.84. The van der Waals surface area contributed by atoms with Gasteiger partial charge in [0, 0.05) is 24.0 Å². The van der Waals surface area contributed by atoms with Gasteiger partial charge in [0.2, 0.25) is 5.91 Å². The van der Waals surface area contributed by atoms with Crippen molar-refractivity contribution in [3.05, 3.63) is 46.1 Å². The van der Waals surface area contributed by atoms with Crippen LogP contribution in [-0.2, 0) is 14.6 Å². The third kappa shape index (κ3) is 4.24. The number of rotatable bonds is 5. The number of benzene rings is 1. The number of fused-ring (bicyclic) bond motifs is 1. The highest BCUT2D eigenvalue weighted by Gasteiger charge is 2.32. The van der Waals surface area contributed by atoms with E-state index in [0.717, 1.165) is 22.9 Å². The molecule has 1 N–H and O–H groups in total. The molecular formula is C19H19N3O4S3. The minimum atomic E-state index is -3.05. The van der Waals surface area contributed by atoms with Gasteiger partial charge >= 0.3 is 0 Å². The minimum Gasteiger partial charge on any atom is -0.341 e. The van der Waals surface area contributed by atoms with E-state index in [4.69, 9.17) is 0 Å². The number of H-pyrrole nitrogens is 1. The summed E-state index contributed by atoms with van der Waals surface area (Å²) in [6.45, 7) is 0. The average molecular weight is 450 g/mol. The molecular weight excluding hydrogens is 430 g/mol.